The van der Waals surface area contributed by atoms with Gasteiger partial charge in [-0.2, -0.15) is 0 Å². The third kappa shape index (κ3) is 4.28. The van der Waals surface area contributed by atoms with Gasteiger partial charge in [-0.15, -0.1) is 0 Å². The summed E-state index contributed by atoms with van der Waals surface area (Å²) in [5.74, 6) is -2.31. The summed E-state index contributed by atoms with van der Waals surface area (Å²) < 4.78 is 0. The van der Waals surface area contributed by atoms with Crippen molar-refractivity contribution in [3.63, 3.8) is 0 Å². The van der Waals surface area contributed by atoms with Gasteiger partial charge in [0, 0.05) is 12.8 Å². The van der Waals surface area contributed by atoms with Crippen molar-refractivity contribution >= 4 is 29.7 Å². The number of carbonyl (C=O) groups excluding carboxylic acids is 3. The second-order valence-corrected chi connectivity index (χ2v) is 6.38. The van der Waals surface area contributed by atoms with E-state index in [1.807, 2.05) is 36.4 Å². The molecule has 1 aliphatic heterocycles. The van der Waals surface area contributed by atoms with E-state index < -0.39 is 23.8 Å². The minimum Gasteiger partial charge on any atom is -0.296 e. The number of amides is 4. The molecule has 1 N–H and O–H groups in total. The number of barbiturate groups is 1. The van der Waals surface area contributed by atoms with Crippen molar-refractivity contribution < 1.29 is 14.4 Å². The molecule has 1 aliphatic rings. The Hall–Kier alpha value is -3.28. The van der Waals surface area contributed by atoms with E-state index in [1.165, 1.54) is 11.8 Å². The van der Waals surface area contributed by atoms with E-state index in [1.54, 1.807) is 25.1 Å². The summed E-state index contributed by atoms with van der Waals surface area (Å²) in [4.78, 5) is 42.3. The number of hydrogen-bond donors (Lipinski definition) is 1. The van der Waals surface area contributed by atoms with Gasteiger partial charge in [-0.1, -0.05) is 48.5 Å². The number of anilines is 1. The van der Waals surface area contributed by atoms with Crippen LogP contribution in [0, 0.1) is 12.8 Å². The van der Waals surface area contributed by atoms with E-state index in [2.05, 4.69) is 10.3 Å². The number of aryl methyl sites for hydroxylation is 2. The predicted molar refractivity (Wildman–Crippen MR) is 104 cm³/mol. The maximum absolute atomic E-state index is 12.7. The maximum Gasteiger partial charge on any atom is 0.335 e. The molecule has 138 valence electrons. The molecule has 1 atom stereocenters. The molecule has 2 aromatic carbocycles. The summed E-state index contributed by atoms with van der Waals surface area (Å²) in [6, 6.07) is 16.4. The molecule has 0 radical (unpaired) electrons. The van der Waals surface area contributed by atoms with Crippen LogP contribution in [0.2, 0.25) is 0 Å². The van der Waals surface area contributed by atoms with Gasteiger partial charge in [0.2, 0.25) is 5.91 Å². The van der Waals surface area contributed by atoms with Crippen molar-refractivity contribution in [2.24, 2.45) is 10.9 Å². The van der Waals surface area contributed by atoms with E-state index >= 15 is 0 Å². The fourth-order valence-corrected chi connectivity index (χ4v) is 2.96. The molecule has 0 aliphatic carbocycles. The predicted octanol–water partition coefficient (Wildman–Crippen LogP) is 2.90. The van der Waals surface area contributed by atoms with Gasteiger partial charge in [-0.25, -0.2) is 9.69 Å². The van der Waals surface area contributed by atoms with Crippen molar-refractivity contribution in [1.82, 2.24) is 5.32 Å². The molecule has 4 amide bonds. The highest BCUT2D eigenvalue weighted by molar-refractivity contribution is 6.32. The van der Waals surface area contributed by atoms with Gasteiger partial charge in [0.1, 0.15) is 0 Å². The monoisotopic (exact) mass is 363 g/mol. The Kier molecular flexibility index (Phi) is 5.76. The first-order valence-corrected chi connectivity index (χ1v) is 8.86. The SMILES string of the molecule is Cc1ccccc1N1C(=O)NC(=O)[C@@H](C=NCCCc2ccccc2)C1=O. The lowest BCUT2D eigenvalue weighted by Gasteiger charge is -2.29. The summed E-state index contributed by atoms with van der Waals surface area (Å²) in [6.45, 7) is 2.31. The molecule has 0 spiro atoms. The fraction of sp³-hybridized carbons (Fsp3) is 0.238. The lowest BCUT2D eigenvalue weighted by atomic mass is 10.0. The van der Waals surface area contributed by atoms with Crippen LogP contribution in [0.5, 0.6) is 0 Å². The van der Waals surface area contributed by atoms with Gasteiger partial charge in [0.15, 0.2) is 5.92 Å². The largest absolute Gasteiger partial charge is 0.335 e. The molecular formula is C21H21N3O3. The highest BCUT2D eigenvalue weighted by Crippen LogP contribution is 2.23. The fourth-order valence-electron chi connectivity index (χ4n) is 2.96. The lowest BCUT2D eigenvalue weighted by Crippen LogP contribution is -2.58. The molecule has 2 aromatic rings. The molecule has 27 heavy (non-hydrogen) atoms. The van der Waals surface area contributed by atoms with Gasteiger partial charge in [0.25, 0.3) is 5.91 Å². The van der Waals surface area contributed by atoms with Crippen LogP contribution in [0.15, 0.2) is 59.6 Å². The Morgan fingerprint density at radius 1 is 1.04 bits per heavy atom. The molecule has 0 saturated carbocycles. The highest BCUT2D eigenvalue weighted by Gasteiger charge is 2.40. The number of hydrogen-bond acceptors (Lipinski definition) is 4. The Bertz CT molecular complexity index is 877. The highest BCUT2D eigenvalue weighted by atomic mass is 16.2. The van der Waals surface area contributed by atoms with Crippen molar-refractivity contribution in [3.8, 4) is 0 Å². The number of para-hydroxylation sites is 1. The lowest BCUT2D eigenvalue weighted by molar-refractivity contribution is -0.131. The second-order valence-electron chi connectivity index (χ2n) is 6.38. The van der Waals surface area contributed by atoms with Crippen LogP contribution in [0.4, 0.5) is 10.5 Å². The summed E-state index contributed by atoms with van der Waals surface area (Å²) in [7, 11) is 0. The average Bonchev–Trinajstić information content (AvgIpc) is 2.66. The number of imide groups is 2. The number of benzene rings is 2. The van der Waals surface area contributed by atoms with Gasteiger partial charge in [-0.3, -0.25) is 19.9 Å². The molecule has 0 unspecified atom stereocenters. The Balaban J connectivity index is 1.65. The van der Waals surface area contributed by atoms with E-state index in [0.717, 1.165) is 23.3 Å². The first-order valence-electron chi connectivity index (χ1n) is 8.86. The van der Waals surface area contributed by atoms with Crippen molar-refractivity contribution in [2.45, 2.75) is 19.8 Å². The number of nitrogens with zero attached hydrogens (tertiary/aromatic N) is 2. The molecule has 0 bridgehead atoms. The zero-order chi connectivity index (χ0) is 19.2. The molecule has 1 fully saturated rings. The molecule has 6 heteroatoms. The number of nitrogens with one attached hydrogen (secondary N) is 1. The quantitative estimate of drug-likeness (QED) is 0.487. The third-order valence-corrected chi connectivity index (χ3v) is 4.41. The Labute approximate surface area is 157 Å². The summed E-state index contributed by atoms with van der Waals surface area (Å²) in [6.07, 6.45) is 3.03. The van der Waals surface area contributed by atoms with E-state index in [9.17, 15) is 14.4 Å². The van der Waals surface area contributed by atoms with Crippen molar-refractivity contribution in [1.29, 1.82) is 0 Å². The van der Waals surface area contributed by atoms with E-state index in [4.69, 9.17) is 0 Å². The zero-order valence-corrected chi connectivity index (χ0v) is 15.1. The van der Waals surface area contributed by atoms with E-state index in [-0.39, 0.29) is 0 Å². The normalized spacial score (nSPS) is 17.4. The summed E-state index contributed by atoms with van der Waals surface area (Å²) in [5, 5.41) is 2.24. The van der Waals surface area contributed by atoms with Crippen LogP contribution >= 0.6 is 0 Å². The average molecular weight is 363 g/mol. The molecule has 1 heterocycles. The molecule has 3 rings (SSSR count). The van der Waals surface area contributed by atoms with Gasteiger partial charge in [-0.05, 0) is 37.0 Å². The molecule has 0 aromatic heterocycles. The molecule has 1 saturated heterocycles. The molecule has 6 nitrogen and oxygen atoms in total. The van der Waals surface area contributed by atoms with Crippen LogP contribution < -0.4 is 10.2 Å². The summed E-state index contributed by atoms with van der Waals surface area (Å²) in [5.41, 5.74) is 2.46. The van der Waals surface area contributed by atoms with Crippen molar-refractivity contribution in [3.05, 3.63) is 65.7 Å². The van der Waals surface area contributed by atoms with Crippen LogP contribution in [0.1, 0.15) is 17.5 Å². The summed E-state index contributed by atoms with van der Waals surface area (Å²) >= 11 is 0. The number of carbonyl (C=O) groups is 3. The van der Waals surface area contributed by atoms with E-state index in [0.29, 0.717) is 12.2 Å². The van der Waals surface area contributed by atoms with Crippen molar-refractivity contribution in [2.75, 3.05) is 11.4 Å². The molecular weight excluding hydrogens is 342 g/mol. The number of urea groups is 1. The first-order chi connectivity index (χ1) is 13.1. The Morgan fingerprint density at radius 3 is 2.48 bits per heavy atom. The zero-order valence-electron chi connectivity index (χ0n) is 15.1. The standard InChI is InChI=1S/C21H21N3O3/c1-15-8-5-6-12-18(15)24-20(26)17(19(25)23-21(24)27)14-22-13-7-11-16-9-3-2-4-10-16/h2-6,8-10,12,14,17H,7,11,13H2,1H3,(H,23,25,27)/t17-/m1/s1. The van der Waals surface area contributed by atoms with Crippen LogP contribution in [0.25, 0.3) is 0 Å². The third-order valence-electron chi connectivity index (χ3n) is 4.41. The first kappa shape index (κ1) is 18.5. The van der Waals surface area contributed by atoms with Gasteiger partial charge < -0.3 is 0 Å². The number of aliphatic imine (C=N–C) groups is 1. The van der Waals surface area contributed by atoms with Crippen LogP contribution in [0.3, 0.4) is 0 Å². The van der Waals surface area contributed by atoms with Gasteiger partial charge in [0.05, 0.1) is 5.69 Å². The Morgan fingerprint density at radius 2 is 1.74 bits per heavy atom. The smallest absolute Gasteiger partial charge is 0.296 e. The second kappa shape index (κ2) is 8.40. The van der Waals surface area contributed by atoms with Gasteiger partial charge >= 0.3 is 6.03 Å². The van der Waals surface area contributed by atoms with Crippen LogP contribution in [-0.2, 0) is 16.0 Å². The van der Waals surface area contributed by atoms with Crippen LogP contribution in [-0.4, -0.2) is 30.6 Å². The number of rotatable bonds is 6. The maximum atomic E-state index is 12.7. The minimum absolute atomic E-state index is 0.468. The minimum atomic E-state index is -1.10. The topological polar surface area (TPSA) is 78.8 Å².